The molecule has 2 aromatic rings. The molecular formula is C29H36Cl2Hf. The third-order valence-corrected chi connectivity index (χ3v) is 18.6. The molecule has 4 rings (SSSR count). The van der Waals surface area contributed by atoms with Crippen LogP contribution in [0.5, 0.6) is 0 Å². The maximum Gasteiger partial charge on any atom is -1.00 e. The van der Waals surface area contributed by atoms with Gasteiger partial charge in [-0.2, -0.15) is 0 Å². The van der Waals surface area contributed by atoms with Crippen LogP contribution in [-0.2, 0) is 31.8 Å². The smallest absolute Gasteiger partial charge is 1.00 e. The zero-order chi connectivity index (χ0) is 21.8. The van der Waals surface area contributed by atoms with Crippen LogP contribution in [0, 0.1) is 0 Å². The van der Waals surface area contributed by atoms with Crippen molar-refractivity contribution < 1.29 is 45.8 Å². The molecule has 3 heteroatoms. The first-order valence-corrected chi connectivity index (χ1v) is 17.0. The Kier molecular flexibility index (Phi) is 8.46. The zero-order valence-corrected chi connectivity index (χ0v) is 25.8. The molecule has 1 unspecified atom stereocenters. The van der Waals surface area contributed by atoms with E-state index in [1.54, 1.807) is 23.3 Å². The van der Waals surface area contributed by atoms with Crippen molar-refractivity contribution in [3.8, 4) is 11.1 Å². The summed E-state index contributed by atoms with van der Waals surface area (Å²) in [5.74, 6) is 0. The molecule has 0 amide bonds. The van der Waals surface area contributed by atoms with Crippen LogP contribution < -0.4 is 24.8 Å². The van der Waals surface area contributed by atoms with Crippen LogP contribution in [0.2, 0.25) is 0 Å². The summed E-state index contributed by atoms with van der Waals surface area (Å²) < 4.78 is 4.11. The Labute approximate surface area is 215 Å². The summed E-state index contributed by atoms with van der Waals surface area (Å²) in [7, 11) is 0. The van der Waals surface area contributed by atoms with Gasteiger partial charge in [0, 0.05) is 0 Å². The van der Waals surface area contributed by atoms with Gasteiger partial charge in [-0.25, -0.2) is 0 Å². The van der Waals surface area contributed by atoms with Gasteiger partial charge in [0.1, 0.15) is 0 Å². The minimum Gasteiger partial charge on any atom is -1.00 e. The van der Waals surface area contributed by atoms with Crippen molar-refractivity contribution in [2.75, 3.05) is 0 Å². The summed E-state index contributed by atoms with van der Waals surface area (Å²) in [4.78, 5) is 0. The first-order valence-electron chi connectivity index (χ1n) is 11.3. The minimum absolute atomic E-state index is 0. The van der Waals surface area contributed by atoms with Gasteiger partial charge in [-0.05, 0) is 0 Å². The summed E-state index contributed by atoms with van der Waals surface area (Å²) in [5, 5.41) is 0. The van der Waals surface area contributed by atoms with E-state index >= 15 is 0 Å². The van der Waals surface area contributed by atoms with Crippen molar-refractivity contribution in [3.05, 3.63) is 80.2 Å². The van der Waals surface area contributed by atoms with E-state index in [1.165, 1.54) is 23.1 Å². The monoisotopic (exact) mass is 634 g/mol. The number of allylic oxidation sites excluding steroid dienone is 4. The summed E-state index contributed by atoms with van der Waals surface area (Å²) in [5.41, 5.74) is 9.58. The predicted molar refractivity (Wildman–Crippen MR) is 129 cm³/mol. The Hall–Kier alpha value is -0.760. The van der Waals surface area contributed by atoms with Gasteiger partial charge < -0.3 is 24.8 Å². The third kappa shape index (κ3) is 4.86. The number of hydrogen-bond donors (Lipinski definition) is 0. The molecular weight excluding hydrogens is 598 g/mol. The summed E-state index contributed by atoms with van der Waals surface area (Å²) in [6.45, 7) is 19.0. The molecule has 32 heavy (non-hydrogen) atoms. The van der Waals surface area contributed by atoms with E-state index in [-0.39, 0.29) is 35.6 Å². The topological polar surface area (TPSA) is 0 Å². The van der Waals surface area contributed by atoms with Gasteiger partial charge in [0.15, 0.2) is 0 Å². The number of hydrogen-bond acceptors (Lipinski definition) is 0. The van der Waals surface area contributed by atoms with Gasteiger partial charge in [-0.3, -0.25) is 0 Å². The fraction of sp³-hybridized carbons (Fsp3) is 0.414. The molecule has 2 aliphatic rings. The maximum atomic E-state index is 2.51. The zero-order valence-electron chi connectivity index (χ0n) is 20.7. The van der Waals surface area contributed by atoms with E-state index in [1.807, 2.05) is 0 Å². The molecule has 2 aromatic carbocycles. The Morgan fingerprint density at radius 2 is 1.56 bits per heavy atom. The van der Waals surface area contributed by atoms with Gasteiger partial charge in [-0.1, -0.05) is 0 Å². The normalized spacial score (nSPS) is 16.2. The van der Waals surface area contributed by atoms with E-state index < -0.39 is 21.0 Å². The van der Waals surface area contributed by atoms with E-state index in [0.717, 1.165) is 0 Å². The Balaban J connectivity index is 0.00000181. The van der Waals surface area contributed by atoms with Gasteiger partial charge in [0.25, 0.3) is 0 Å². The fourth-order valence-electron chi connectivity index (χ4n) is 5.17. The quantitative estimate of drug-likeness (QED) is 0.445. The van der Waals surface area contributed by atoms with Gasteiger partial charge in [0.05, 0.1) is 0 Å². The second-order valence-electron chi connectivity index (χ2n) is 11.2. The van der Waals surface area contributed by atoms with Crippen LogP contribution >= 0.6 is 0 Å². The molecule has 0 heterocycles. The summed E-state index contributed by atoms with van der Waals surface area (Å²) in [6, 6.07) is 14.5. The largest absolute Gasteiger partial charge is 1.00 e. The van der Waals surface area contributed by atoms with Crippen LogP contribution in [0.1, 0.15) is 87.7 Å². The van der Waals surface area contributed by atoms with E-state index in [0.29, 0.717) is 3.67 Å². The number of fused-ring (bicyclic) bond motifs is 3. The van der Waals surface area contributed by atoms with Crippen molar-refractivity contribution in [2.24, 2.45) is 0 Å². The molecule has 0 saturated heterocycles. The van der Waals surface area contributed by atoms with Crippen LogP contribution in [-0.4, -0.2) is 3.26 Å². The molecule has 0 aromatic heterocycles. The summed E-state index contributed by atoms with van der Waals surface area (Å²) >= 11 is -2.28. The standard InChI is InChI=1S/C21H25.C5H5.C3H6.2ClH.Hf/c1-20(2,3)15-11-10-14-12-18-16(17(14)13-15)8-7-9-19(18)21(4,5)6;1-2-4-5-3-1;1-3-2;;;/h7-13H,1-6H3;1-3H,4H2;1-2H3;2*1H;/q;;;;;+2/p-2. The van der Waals surface area contributed by atoms with Crippen molar-refractivity contribution >= 4 is 3.26 Å². The van der Waals surface area contributed by atoms with Crippen molar-refractivity contribution in [2.45, 2.75) is 76.3 Å². The molecule has 0 spiro atoms. The molecule has 0 radical (unpaired) electrons. The maximum absolute atomic E-state index is 2.51. The predicted octanol–water partition coefficient (Wildman–Crippen LogP) is 2.03. The number of rotatable bonds is 2. The number of halogens is 2. The average Bonchev–Trinajstić information content (AvgIpc) is 3.27. The van der Waals surface area contributed by atoms with Crippen LogP contribution in [0.4, 0.5) is 0 Å². The van der Waals surface area contributed by atoms with Crippen LogP contribution in [0.25, 0.3) is 11.1 Å². The Bertz CT molecular complexity index is 1100. The Morgan fingerprint density at radius 3 is 2.09 bits per heavy atom. The number of benzene rings is 2. The van der Waals surface area contributed by atoms with Crippen molar-refractivity contribution in [1.82, 2.24) is 0 Å². The molecule has 0 saturated carbocycles. The Morgan fingerprint density at radius 1 is 0.875 bits per heavy atom. The van der Waals surface area contributed by atoms with E-state index in [2.05, 4.69) is 110 Å². The van der Waals surface area contributed by atoms with Crippen LogP contribution in [0.3, 0.4) is 0 Å². The van der Waals surface area contributed by atoms with E-state index in [4.69, 9.17) is 0 Å². The molecule has 170 valence electrons. The molecule has 0 aliphatic heterocycles. The first kappa shape index (κ1) is 27.5. The van der Waals surface area contributed by atoms with Gasteiger partial charge in [-0.15, -0.1) is 0 Å². The second-order valence-corrected chi connectivity index (χ2v) is 22.2. The van der Waals surface area contributed by atoms with Crippen molar-refractivity contribution in [3.63, 3.8) is 0 Å². The minimum atomic E-state index is -2.28. The van der Waals surface area contributed by atoms with Crippen LogP contribution in [0.15, 0.2) is 58.0 Å². The van der Waals surface area contributed by atoms with Gasteiger partial charge in [0.2, 0.25) is 0 Å². The SMILES string of the molecule is C[C](C)=[Hf+2]([C]1=CC=CC1)[CH]1c2ccc(C(C)(C)C)cc2-c2cccc(C(C)(C)C)c21.[Cl-].[Cl-]. The fourth-order valence-corrected chi connectivity index (χ4v) is 17.3. The molecule has 0 nitrogen and oxygen atoms in total. The second kappa shape index (κ2) is 9.85. The van der Waals surface area contributed by atoms with Gasteiger partial charge >= 0.3 is 192 Å². The molecule has 2 aliphatic carbocycles. The molecule has 0 N–H and O–H groups in total. The average molecular weight is 634 g/mol. The summed E-state index contributed by atoms with van der Waals surface area (Å²) in [6.07, 6.45) is 8.28. The molecule has 1 atom stereocenters. The van der Waals surface area contributed by atoms with E-state index in [9.17, 15) is 0 Å². The molecule has 0 bridgehead atoms. The third-order valence-electron chi connectivity index (χ3n) is 6.67. The molecule has 0 fully saturated rings. The first-order chi connectivity index (χ1) is 14.0. The van der Waals surface area contributed by atoms with Crippen molar-refractivity contribution in [1.29, 1.82) is 0 Å².